The van der Waals surface area contributed by atoms with Crippen molar-refractivity contribution < 1.29 is 24.2 Å². The molecular weight excluding hydrogens is 432 g/mol. The molecule has 34 heavy (non-hydrogen) atoms. The molecule has 1 aliphatic carbocycles. The average Bonchev–Trinajstić information content (AvgIpc) is 3.08. The summed E-state index contributed by atoms with van der Waals surface area (Å²) in [5, 5.41) is 14.8. The number of carbonyl (C=O) groups excluding carboxylic acids is 2. The highest BCUT2D eigenvalue weighted by atomic mass is 16.5. The van der Waals surface area contributed by atoms with Crippen LogP contribution in [0, 0.1) is 11.3 Å². The summed E-state index contributed by atoms with van der Waals surface area (Å²) < 4.78 is 5.63. The zero-order valence-electron chi connectivity index (χ0n) is 20.6. The van der Waals surface area contributed by atoms with E-state index in [1.807, 2.05) is 36.4 Å². The number of benzene rings is 2. The van der Waals surface area contributed by atoms with Crippen LogP contribution < -0.4 is 10.6 Å². The average molecular weight is 467 g/mol. The first-order valence-electron chi connectivity index (χ1n) is 11.5. The second-order valence-corrected chi connectivity index (χ2v) is 10.2. The Kier molecular flexibility index (Phi) is 7.05. The molecule has 7 heteroatoms. The van der Waals surface area contributed by atoms with Gasteiger partial charge in [0.1, 0.15) is 12.6 Å². The second kappa shape index (κ2) is 9.49. The van der Waals surface area contributed by atoms with Gasteiger partial charge >= 0.3 is 12.1 Å². The lowest BCUT2D eigenvalue weighted by atomic mass is 9.73. The summed E-state index contributed by atoms with van der Waals surface area (Å²) in [4.78, 5) is 37.3. The molecule has 0 saturated heterocycles. The Labute approximate surface area is 200 Å². The topological polar surface area (TPSA) is 105 Å². The fourth-order valence-corrected chi connectivity index (χ4v) is 4.16. The molecule has 0 radical (unpaired) electrons. The van der Waals surface area contributed by atoms with Crippen LogP contribution in [0.4, 0.5) is 4.79 Å². The minimum absolute atomic E-state index is 0.0695. The quantitative estimate of drug-likeness (QED) is 0.529. The molecule has 2 aromatic carbocycles. The lowest BCUT2D eigenvalue weighted by molar-refractivity contribution is -0.146. The Morgan fingerprint density at radius 1 is 0.941 bits per heavy atom. The van der Waals surface area contributed by atoms with Crippen molar-refractivity contribution in [3.8, 4) is 11.1 Å². The number of carboxylic acid groups (broad SMARTS) is 1. The number of carbonyl (C=O) groups is 3. The van der Waals surface area contributed by atoms with Gasteiger partial charge < -0.3 is 20.5 Å². The van der Waals surface area contributed by atoms with Crippen LogP contribution in [-0.2, 0) is 14.3 Å². The lowest BCUT2D eigenvalue weighted by Crippen LogP contribution is -2.61. The maximum absolute atomic E-state index is 13.0. The van der Waals surface area contributed by atoms with Crippen LogP contribution in [0.25, 0.3) is 11.1 Å². The van der Waals surface area contributed by atoms with E-state index >= 15 is 0 Å². The largest absolute Gasteiger partial charge is 0.480 e. The normalized spacial score (nSPS) is 14.2. The molecule has 2 aromatic rings. The third kappa shape index (κ3) is 4.79. The predicted molar refractivity (Wildman–Crippen MR) is 130 cm³/mol. The Morgan fingerprint density at radius 2 is 1.44 bits per heavy atom. The van der Waals surface area contributed by atoms with E-state index in [9.17, 15) is 19.5 Å². The van der Waals surface area contributed by atoms with Gasteiger partial charge in [0.05, 0.1) is 11.0 Å². The molecular formula is C27H34N2O5. The van der Waals surface area contributed by atoms with Crippen LogP contribution in [0.3, 0.4) is 0 Å². The molecule has 1 unspecified atom stereocenters. The monoisotopic (exact) mass is 466 g/mol. The van der Waals surface area contributed by atoms with Crippen LogP contribution >= 0.6 is 0 Å². The van der Waals surface area contributed by atoms with E-state index in [4.69, 9.17) is 4.74 Å². The first-order chi connectivity index (χ1) is 15.9. The van der Waals surface area contributed by atoms with Gasteiger partial charge in [0.2, 0.25) is 5.91 Å². The highest BCUT2D eigenvalue weighted by Gasteiger charge is 2.46. The van der Waals surface area contributed by atoms with E-state index in [0.29, 0.717) is 0 Å². The molecule has 7 nitrogen and oxygen atoms in total. The zero-order chi connectivity index (χ0) is 25.3. The van der Waals surface area contributed by atoms with Gasteiger partial charge in [0.15, 0.2) is 0 Å². The molecule has 0 heterocycles. The standard InChI is InChI=1S/C27H34N2O5/c1-16(2)22(23(30)31)28-24(32)26(3,4)27(5,6)29-25(33)34-15-21-19-13-9-7-11-17(19)18-12-8-10-14-20(18)21/h7-14,16,21-22H,15H2,1-6H3,(H,28,32)(H,29,33)(H,30,31). The molecule has 182 valence electrons. The smallest absolute Gasteiger partial charge is 0.407 e. The highest BCUT2D eigenvalue weighted by Crippen LogP contribution is 2.44. The number of nitrogens with one attached hydrogen (secondary N) is 2. The van der Waals surface area contributed by atoms with Crippen LogP contribution in [0.2, 0.25) is 0 Å². The maximum Gasteiger partial charge on any atom is 0.407 e. The Bertz CT molecular complexity index is 1040. The molecule has 3 N–H and O–H groups in total. The number of amides is 2. The summed E-state index contributed by atoms with van der Waals surface area (Å²) in [5.74, 6) is -1.91. The van der Waals surface area contributed by atoms with E-state index in [1.165, 1.54) is 0 Å². The van der Waals surface area contributed by atoms with Gasteiger partial charge in [-0.05, 0) is 55.9 Å². The molecule has 1 atom stereocenters. The number of hydrogen-bond acceptors (Lipinski definition) is 4. The van der Waals surface area contributed by atoms with Gasteiger partial charge in [-0.15, -0.1) is 0 Å². The molecule has 0 aliphatic heterocycles. The number of ether oxygens (including phenoxy) is 1. The van der Waals surface area contributed by atoms with Gasteiger partial charge in [0.25, 0.3) is 0 Å². The summed E-state index contributed by atoms with van der Waals surface area (Å²) >= 11 is 0. The van der Waals surface area contributed by atoms with Crippen molar-refractivity contribution >= 4 is 18.0 Å². The van der Waals surface area contributed by atoms with Crippen molar-refractivity contribution in [2.75, 3.05) is 6.61 Å². The molecule has 0 aromatic heterocycles. The number of hydrogen-bond donors (Lipinski definition) is 3. The maximum atomic E-state index is 13.0. The lowest BCUT2D eigenvalue weighted by Gasteiger charge is -2.41. The van der Waals surface area contributed by atoms with Crippen molar-refractivity contribution in [1.82, 2.24) is 10.6 Å². The van der Waals surface area contributed by atoms with Crippen molar-refractivity contribution in [2.24, 2.45) is 11.3 Å². The van der Waals surface area contributed by atoms with Gasteiger partial charge in [-0.2, -0.15) is 0 Å². The predicted octanol–water partition coefficient (Wildman–Crippen LogP) is 4.56. The summed E-state index contributed by atoms with van der Waals surface area (Å²) in [7, 11) is 0. The number of carboxylic acids is 1. The molecule has 0 bridgehead atoms. The van der Waals surface area contributed by atoms with Crippen molar-refractivity contribution in [1.29, 1.82) is 0 Å². The fraction of sp³-hybridized carbons (Fsp3) is 0.444. The summed E-state index contributed by atoms with van der Waals surface area (Å²) in [6, 6.07) is 15.2. The van der Waals surface area contributed by atoms with E-state index < -0.39 is 35.0 Å². The van der Waals surface area contributed by atoms with Crippen LogP contribution in [-0.4, -0.2) is 41.3 Å². The van der Waals surface area contributed by atoms with E-state index in [0.717, 1.165) is 22.3 Å². The first-order valence-corrected chi connectivity index (χ1v) is 11.5. The second-order valence-electron chi connectivity index (χ2n) is 10.2. The van der Waals surface area contributed by atoms with Crippen molar-refractivity contribution in [3.05, 3.63) is 59.7 Å². The van der Waals surface area contributed by atoms with E-state index in [-0.39, 0.29) is 18.4 Å². The Morgan fingerprint density at radius 3 is 1.91 bits per heavy atom. The van der Waals surface area contributed by atoms with E-state index in [2.05, 4.69) is 22.8 Å². The SMILES string of the molecule is CC(C)C(NC(=O)C(C)(C)C(C)(C)NC(=O)OCC1c2ccccc2-c2ccccc21)C(=O)O. The number of aliphatic carboxylic acids is 1. The van der Waals surface area contributed by atoms with Crippen LogP contribution in [0.15, 0.2) is 48.5 Å². The summed E-state index contributed by atoms with van der Waals surface area (Å²) in [6.07, 6.45) is -0.633. The van der Waals surface area contributed by atoms with Crippen LogP contribution in [0.1, 0.15) is 58.6 Å². The third-order valence-corrected chi connectivity index (χ3v) is 7.11. The minimum Gasteiger partial charge on any atom is -0.480 e. The molecule has 0 saturated carbocycles. The van der Waals surface area contributed by atoms with Gasteiger partial charge in [-0.3, -0.25) is 4.79 Å². The Balaban J connectivity index is 1.68. The Hall–Kier alpha value is -3.35. The highest BCUT2D eigenvalue weighted by molar-refractivity contribution is 5.88. The van der Waals surface area contributed by atoms with Gasteiger partial charge in [-0.1, -0.05) is 62.4 Å². The molecule has 1 aliphatic rings. The zero-order valence-corrected chi connectivity index (χ0v) is 20.6. The summed E-state index contributed by atoms with van der Waals surface area (Å²) in [6.45, 7) is 10.4. The molecule has 2 amide bonds. The number of rotatable bonds is 8. The molecule has 0 spiro atoms. The molecule has 3 rings (SSSR count). The van der Waals surface area contributed by atoms with Crippen molar-refractivity contribution in [3.63, 3.8) is 0 Å². The van der Waals surface area contributed by atoms with E-state index in [1.54, 1.807) is 41.5 Å². The minimum atomic E-state index is -1.11. The van der Waals surface area contributed by atoms with Gasteiger partial charge in [0, 0.05) is 5.92 Å². The molecule has 0 fully saturated rings. The van der Waals surface area contributed by atoms with Crippen molar-refractivity contribution in [2.45, 2.75) is 59.0 Å². The van der Waals surface area contributed by atoms with Gasteiger partial charge in [-0.25, -0.2) is 9.59 Å². The van der Waals surface area contributed by atoms with Crippen LogP contribution in [0.5, 0.6) is 0 Å². The number of alkyl carbamates (subject to hydrolysis) is 1. The third-order valence-electron chi connectivity index (χ3n) is 7.11. The fourth-order valence-electron chi connectivity index (χ4n) is 4.16. The first kappa shape index (κ1) is 25.3. The number of fused-ring (bicyclic) bond motifs is 3. The summed E-state index contributed by atoms with van der Waals surface area (Å²) in [5.41, 5.74) is 2.39.